The van der Waals surface area contributed by atoms with Crippen LogP contribution in [0.5, 0.6) is 5.75 Å². The third-order valence-corrected chi connectivity index (χ3v) is 5.26. The van der Waals surface area contributed by atoms with Crippen molar-refractivity contribution in [3.05, 3.63) is 59.4 Å². The minimum atomic E-state index is -3.71. The van der Waals surface area contributed by atoms with Crippen LogP contribution in [0.4, 0.5) is 4.39 Å². The number of carbonyl (C=O) groups excluding carboxylic acids is 2. The first-order chi connectivity index (χ1) is 13.3. The van der Waals surface area contributed by atoms with Crippen molar-refractivity contribution in [2.75, 3.05) is 20.3 Å². The van der Waals surface area contributed by atoms with Crippen LogP contribution in [-0.2, 0) is 19.6 Å². The molecule has 0 bridgehead atoms. The van der Waals surface area contributed by atoms with E-state index in [0.717, 1.165) is 6.07 Å². The van der Waals surface area contributed by atoms with Crippen molar-refractivity contribution in [3.63, 3.8) is 0 Å². The monoisotopic (exact) mass is 406 g/mol. The Morgan fingerprint density at radius 1 is 1.18 bits per heavy atom. The van der Waals surface area contributed by atoms with E-state index in [9.17, 15) is 22.4 Å². The fourth-order valence-electron chi connectivity index (χ4n) is 2.51. The van der Waals surface area contributed by atoms with E-state index in [4.69, 9.17) is 9.47 Å². The number of aliphatic imine (C=N–C) groups is 1. The summed E-state index contributed by atoms with van der Waals surface area (Å²) in [6.07, 6.45) is 0. The van der Waals surface area contributed by atoms with Crippen molar-refractivity contribution in [3.8, 4) is 5.75 Å². The molecule has 28 heavy (non-hydrogen) atoms. The molecule has 0 saturated carbocycles. The van der Waals surface area contributed by atoms with E-state index in [1.165, 1.54) is 25.3 Å². The van der Waals surface area contributed by atoms with Crippen LogP contribution in [0.1, 0.15) is 15.9 Å². The number of hydrogen-bond donors (Lipinski definition) is 1. The molecule has 2 aromatic carbocycles. The lowest BCUT2D eigenvalue weighted by molar-refractivity contribution is -0.140. The highest BCUT2D eigenvalue weighted by atomic mass is 32.2. The quantitative estimate of drug-likeness (QED) is 0.572. The van der Waals surface area contributed by atoms with Crippen molar-refractivity contribution in [1.29, 1.82) is 0 Å². The molecule has 146 valence electrons. The van der Waals surface area contributed by atoms with Crippen LogP contribution in [0.25, 0.3) is 0 Å². The lowest BCUT2D eigenvalue weighted by atomic mass is 10.1. The molecule has 10 heteroatoms. The van der Waals surface area contributed by atoms with E-state index >= 15 is 0 Å². The second kappa shape index (κ2) is 7.77. The number of sulfonamides is 1. The number of rotatable bonds is 6. The topological polar surface area (TPSA) is 111 Å². The average molecular weight is 406 g/mol. The molecule has 0 unspecified atom stereocenters. The first-order valence-electron chi connectivity index (χ1n) is 8.01. The molecule has 1 aliphatic rings. The fraction of sp³-hybridized carbons (Fsp3) is 0.167. The van der Waals surface area contributed by atoms with Crippen molar-refractivity contribution in [2.45, 2.75) is 4.90 Å². The Balaban J connectivity index is 1.60. The number of benzene rings is 2. The number of esters is 1. The summed E-state index contributed by atoms with van der Waals surface area (Å²) in [5.41, 5.74) is 0.370. The largest absolute Gasteiger partial charge is 0.494 e. The third-order valence-electron chi connectivity index (χ3n) is 3.87. The van der Waals surface area contributed by atoms with E-state index in [-0.39, 0.29) is 22.0 Å². The Morgan fingerprint density at radius 3 is 2.64 bits per heavy atom. The maximum atomic E-state index is 13.6. The molecule has 0 radical (unpaired) electrons. The van der Waals surface area contributed by atoms with Gasteiger partial charge in [-0.3, -0.25) is 19.3 Å². The van der Waals surface area contributed by atoms with E-state index < -0.39 is 40.7 Å². The molecule has 0 atom stereocenters. The van der Waals surface area contributed by atoms with Gasteiger partial charge in [-0.05, 0) is 30.3 Å². The SMILES string of the molecule is COc1ccc(C(=O)COC(=O)CN=C2NS(=O)(=O)c3ccccc32)cc1F. The Bertz CT molecular complexity index is 1080. The lowest BCUT2D eigenvalue weighted by Gasteiger charge is -2.06. The van der Waals surface area contributed by atoms with Gasteiger partial charge in [-0.15, -0.1) is 0 Å². The molecule has 3 rings (SSSR count). The molecular formula is C18H15FN2O6S. The molecule has 0 aliphatic carbocycles. The van der Waals surface area contributed by atoms with Gasteiger partial charge in [0.25, 0.3) is 10.0 Å². The minimum absolute atomic E-state index is 0.0105. The average Bonchev–Trinajstić information content (AvgIpc) is 2.95. The van der Waals surface area contributed by atoms with E-state index in [1.807, 2.05) is 0 Å². The van der Waals surface area contributed by atoms with Gasteiger partial charge in [-0.25, -0.2) is 12.8 Å². The van der Waals surface area contributed by atoms with E-state index in [0.29, 0.717) is 5.56 Å². The normalized spacial score (nSPS) is 15.6. The number of amidine groups is 1. The second-order valence-corrected chi connectivity index (χ2v) is 7.35. The Labute approximate surface area is 160 Å². The predicted octanol–water partition coefficient (Wildman–Crippen LogP) is 1.30. The number of halogens is 1. The van der Waals surface area contributed by atoms with Gasteiger partial charge in [0, 0.05) is 11.1 Å². The van der Waals surface area contributed by atoms with Crippen LogP contribution < -0.4 is 9.46 Å². The highest BCUT2D eigenvalue weighted by Crippen LogP contribution is 2.22. The van der Waals surface area contributed by atoms with Crippen molar-refractivity contribution in [2.24, 2.45) is 4.99 Å². The van der Waals surface area contributed by atoms with Gasteiger partial charge in [-0.1, -0.05) is 12.1 Å². The first kappa shape index (κ1) is 19.5. The summed E-state index contributed by atoms with van der Waals surface area (Å²) in [6, 6.07) is 9.82. The van der Waals surface area contributed by atoms with Crippen LogP contribution in [0, 0.1) is 5.82 Å². The molecule has 0 aromatic heterocycles. The number of fused-ring (bicyclic) bond motifs is 1. The zero-order valence-corrected chi connectivity index (χ0v) is 15.5. The maximum Gasteiger partial charge on any atom is 0.328 e. The number of carbonyl (C=O) groups is 2. The van der Waals surface area contributed by atoms with Crippen LogP contribution in [0.3, 0.4) is 0 Å². The van der Waals surface area contributed by atoms with Crippen molar-refractivity contribution < 1.29 is 31.9 Å². The van der Waals surface area contributed by atoms with Crippen molar-refractivity contribution >= 4 is 27.6 Å². The highest BCUT2D eigenvalue weighted by molar-refractivity contribution is 7.90. The number of ketones is 1. The number of nitrogens with one attached hydrogen (secondary N) is 1. The molecule has 0 spiro atoms. The summed E-state index contributed by atoms with van der Waals surface area (Å²) in [7, 11) is -2.41. The smallest absolute Gasteiger partial charge is 0.328 e. The maximum absolute atomic E-state index is 13.6. The number of methoxy groups -OCH3 is 1. The van der Waals surface area contributed by atoms with Gasteiger partial charge < -0.3 is 9.47 Å². The molecule has 8 nitrogen and oxygen atoms in total. The highest BCUT2D eigenvalue weighted by Gasteiger charge is 2.30. The third kappa shape index (κ3) is 4.01. The van der Waals surface area contributed by atoms with Gasteiger partial charge >= 0.3 is 5.97 Å². The number of Topliss-reactive ketones (excluding diaryl/α,β-unsaturated/α-hetero) is 1. The van der Waals surface area contributed by atoms with Crippen LogP contribution in [0.15, 0.2) is 52.4 Å². The fourth-order valence-corrected chi connectivity index (χ4v) is 3.76. The summed E-state index contributed by atoms with van der Waals surface area (Å²) in [4.78, 5) is 27.8. The molecule has 1 N–H and O–H groups in total. The van der Waals surface area contributed by atoms with Crippen LogP contribution >= 0.6 is 0 Å². The summed E-state index contributed by atoms with van der Waals surface area (Å²) >= 11 is 0. The molecule has 0 saturated heterocycles. The lowest BCUT2D eigenvalue weighted by Crippen LogP contribution is -2.24. The van der Waals surface area contributed by atoms with Crippen LogP contribution in [-0.4, -0.2) is 46.3 Å². The summed E-state index contributed by atoms with van der Waals surface area (Å²) < 4.78 is 49.4. The molecule has 1 aliphatic heterocycles. The van der Waals surface area contributed by atoms with E-state index in [2.05, 4.69) is 9.71 Å². The minimum Gasteiger partial charge on any atom is -0.494 e. The Morgan fingerprint density at radius 2 is 1.93 bits per heavy atom. The zero-order valence-electron chi connectivity index (χ0n) is 14.6. The van der Waals surface area contributed by atoms with Gasteiger partial charge in [0.2, 0.25) is 0 Å². The first-order valence-corrected chi connectivity index (χ1v) is 9.49. The van der Waals surface area contributed by atoms with Gasteiger partial charge in [0.05, 0.1) is 12.0 Å². The number of nitrogens with zero attached hydrogens (tertiary/aromatic N) is 1. The standard InChI is InChI=1S/C18H15FN2O6S/c1-26-15-7-6-11(8-13(15)19)14(22)10-27-17(23)9-20-18-12-4-2-3-5-16(12)28(24,25)21-18/h2-8H,9-10H2,1H3,(H,20,21). The predicted molar refractivity (Wildman–Crippen MR) is 96.4 cm³/mol. The van der Waals surface area contributed by atoms with Gasteiger partial charge in [-0.2, -0.15) is 0 Å². The Hall–Kier alpha value is -3.27. The zero-order chi connectivity index (χ0) is 20.3. The number of ether oxygens (including phenoxy) is 2. The van der Waals surface area contributed by atoms with Gasteiger partial charge in [0.1, 0.15) is 12.4 Å². The van der Waals surface area contributed by atoms with E-state index in [1.54, 1.807) is 18.2 Å². The molecule has 0 amide bonds. The molecule has 2 aromatic rings. The molecule has 0 fully saturated rings. The summed E-state index contributed by atoms with van der Waals surface area (Å²) in [5.74, 6) is -2.13. The van der Waals surface area contributed by atoms with Crippen LogP contribution in [0.2, 0.25) is 0 Å². The number of hydrogen-bond acceptors (Lipinski definition) is 7. The van der Waals surface area contributed by atoms with Gasteiger partial charge in [0.15, 0.2) is 24.0 Å². The molecule has 1 heterocycles. The van der Waals surface area contributed by atoms with Crippen molar-refractivity contribution in [1.82, 2.24) is 4.72 Å². The Kier molecular flexibility index (Phi) is 5.41. The summed E-state index contributed by atoms with van der Waals surface area (Å²) in [6.45, 7) is -1.09. The summed E-state index contributed by atoms with van der Waals surface area (Å²) in [5, 5.41) is 0. The second-order valence-electron chi connectivity index (χ2n) is 5.70. The molecular weight excluding hydrogens is 391 g/mol.